The fourth-order valence-corrected chi connectivity index (χ4v) is 11.8. The van der Waals surface area contributed by atoms with Crippen molar-refractivity contribution in [2.24, 2.45) is 0 Å². The molecule has 0 fully saturated rings. The largest absolute Gasteiger partial charge is 0.467 e. The quantitative estimate of drug-likeness (QED) is 0.148. The standard InChI is InChI=1S/C72H70BN3O/c1-69(2,3)48-28-36-52(37-29-48)74(53-38-30-49(31-39-53)70(4,5)6)56-44-45-61-64(46-56)75(54-40-32-50(33-41-54)71(7,8)9)62-26-19-27-63-65(62)73(61)68-66(76(63)55-42-34-51(35-43-55)72(10,11)12)60-25-18-24-59(67(60)77-68)58-23-17-16-22-57(58)47-20-14-13-15-21-47/h13-46H,1-12H3. The first-order valence-electron chi connectivity index (χ1n) is 27.5. The summed E-state index contributed by atoms with van der Waals surface area (Å²) in [5.41, 5.74) is 24.0. The van der Waals surface area contributed by atoms with E-state index in [1.807, 2.05) is 0 Å². The van der Waals surface area contributed by atoms with Crippen molar-refractivity contribution >= 4 is 85.5 Å². The van der Waals surface area contributed by atoms with Crippen LogP contribution in [0, 0.1) is 0 Å². The van der Waals surface area contributed by atoms with Gasteiger partial charge in [-0.3, -0.25) is 0 Å². The fourth-order valence-electron chi connectivity index (χ4n) is 11.8. The molecular formula is C72H70BN3O. The number of hydrogen-bond acceptors (Lipinski definition) is 4. The number of nitrogens with zero attached hydrogens (tertiary/aromatic N) is 3. The Kier molecular flexibility index (Phi) is 11.9. The van der Waals surface area contributed by atoms with Gasteiger partial charge in [0.1, 0.15) is 5.58 Å². The molecule has 4 nitrogen and oxygen atoms in total. The monoisotopic (exact) mass is 1000 g/mol. The molecule has 2 aliphatic heterocycles. The molecule has 0 N–H and O–H groups in total. The van der Waals surface area contributed by atoms with Crippen LogP contribution in [0.5, 0.6) is 0 Å². The highest BCUT2D eigenvalue weighted by Crippen LogP contribution is 2.50. The maximum Gasteiger partial charge on any atom is 0.297 e. The van der Waals surface area contributed by atoms with Crippen molar-refractivity contribution < 1.29 is 4.42 Å². The summed E-state index contributed by atoms with van der Waals surface area (Å²) in [6.07, 6.45) is 0. The van der Waals surface area contributed by atoms with Crippen molar-refractivity contribution in [3.8, 4) is 22.3 Å². The second-order valence-electron chi connectivity index (χ2n) is 25.5. The third kappa shape index (κ3) is 8.74. The van der Waals surface area contributed by atoms with Gasteiger partial charge in [-0.1, -0.05) is 210 Å². The predicted molar refractivity (Wildman–Crippen MR) is 331 cm³/mol. The molecule has 5 heteroatoms. The molecule has 0 bridgehead atoms. The molecule has 0 aliphatic carbocycles. The summed E-state index contributed by atoms with van der Waals surface area (Å²) in [5, 5.41) is 1.08. The van der Waals surface area contributed by atoms with Crippen LogP contribution in [0.2, 0.25) is 0 Å². The van der Waals surface area contributed by atoms with Gasteiger partial charge in [-0.05, 0) is 150 Å². The average Bonchev–Trinajstić information content (AvgIpc) is 3.81. The molecule has 9 aromatic carbocycles. The van der Waals surface area contributed by atoms with E-state index in [0.717, 1.165) is 78.9 Å². The number of anilines is 9. The molecule has 0 unspecified atom stereocenters. The lowest BCUT2D eigenvalue weighted by Crippen LogP contribution is -2.61. The third-order valence-corrected chi connectivity index (χ3v) is 16.1. The molecule has 1 aromatic heterocycles. The Morgan fingerprint density at radius 1 is 0.377 bits per heavy atom. The Labute approximate surface area is 457 Å². The summed E-state index contributed by atoms with van der Waals surface area (Å²) >= 11 is 0. The van der Waals surface area contributed by atoms with Crippen LogP contribution in [0.25, 0.3) is 33.2 Å². The molecular weight excluding hydrogens is 934 g/mol. The van der Waals surface area contributed by atoms with Crippen molar-refractivity contribution in [1.82, 2.24) is 0 Å². The van der Waals surface area contributed by atoms with Crippen molar-refractivity contribution in [1.29, 1.82) is 0 Å². The molecule has 77 heavy (non-hydrogen) atoms. The topological polar surface area (TPSA) is 22.9 Å². The molecule has 12 rings (SSSR count). The van der Waals surface area contributed by atoms with E-state index in [9.17, 15) is 0 Å². The van der Waals surface area contributed by atoms with Crippen LogP contribution in [0.1, 0.15) is 105 Å². The molecule has 2 aliphatic rings. The lowest BCUT2D eigenvalue weighted by atomic mass is 9.35. The molecule has 10 aromatic rings. The Morgan fingerprint density at radius 2 is 0.818 bits per heavy atom. The Morgan fingerprint density at radius 3 is 1.35 bits per heavy atom. The number of fused-ring (bicyclic) bond motifs is 6. The summed E-state index contributed by atoms with van der Waals surface area (Å²) in [7, 11) is 0. The van der Waals surface area contributed by atoms with Crippen molar-refractivity contribution in [3.05, 3.63) is 229 Å². The number of benzene rings is 9. The molecule has 0 radical (unpaired) electrons. The molecule has 0 amide bonds. The maximum absolute atomic E-state index is 7.72. The van der Waals surface area contributed by atoms with E-state index in [2.05, 4.69) is 304 Å². The van der Waals surface area contributed by atoms with Gasteiger partial charge >= 0.3 is 0 Å². The fraction of sp³-hybridized carbons (Fsp3) is 0.222. The summed E-state index contributed by atoms with van der Waals surface area (Å²) < 4.78 is 7.72. The molecule has 382 valence electrons. The van der Waals surface area contributed by atoms with E-state index in [1.54, 1.807) is 0 Å². The minimum absolute atomic E-state index is 0.00107. The lowest BCUT2D eigenvalue weighted by Gasteiger charge is -2.43. The zero-order chi connectivity index (χ0) is 53.8. The van der Waals surface area contributed by atoms with Gasteiger partial charge in [-0.25, -0.2) is 0 Å². The number of hydrogen-bond donors (Lipinski definition) is 0. The smallest absolute Gasteiger partial charge is 0.297 e. The van der Waals surface area contributed by atoms with Gasteiger partial charge in [-0.15, -0.1) is 0 Å². The first kappa shape index (κ1) is 49.8. The zero-order valence-electron chi connectivity index (χ0n) is 47.0. The minimum atomic E-state index is -0.231. The van der Waals surface area contributed by atoms with Crippen LogP contribution < -0.4 is 31.3 Å². The molecule has 0 saturated carbocycles. The van der Waals surface area contributed by atoms with Crippen molar-refractivity contribution in [2.45, 2.75) is 105 Å². The van der Waals surface area contributed by atoms with Crippen LogP contribution in [0.4, 0.5) is 51.2 Å². The molecule has 0 spiro atoms. The summed E-state index contributed by atoms with van der Waals surface area (Å²) in [6.45, 7) is 27.2. The SMILES string of the molecule is CC(C)(C)c1ccc(N(c2ccc(C(C)(C)C)cc2)c2ccc3c(c2)N(c2ccc(C(C)(C)C)cc2)c2cccc4c2B3c2oc3c(-c5ccccc5-c5ccccc5)cccc3c2N4c2ccc(C(C)(C)C)cc2)cc1. The second kappa shape index (κ2) is 18.3. The highest BCUT2D eigenvalue weighted by atomic mass is 16.3. The third-order valence-electron chi connectivity index (χ3n) is 16.1. The van der Waals surface area contributed by atoms with Crippen LogP contribution in [0.15, 0.2) is 211 Å². The van der Waals surface area contributed by atoms with E-state index in [-0.39, 0.29) is 28.4 Å². The number of furan rings is 1. The van der Waals surface area contributed by atoms with E-state index >= 15 is 0 Å². The molecule has 3 heterocycles. The molecule has 0 saturated heterocycles. The average molecular weight is 1000 g/mol. The van der Waals surface area contributed by atoms with Gasteiger partial charge in [0.15, 0.2) is 0 Å². The van der Waals surface area contributed by atoms with Crippen molar-refractivity contribution in [2.75, 3.05) is 14.7 Å². The Balaban J connectivity index is 1.13. The van der Waals surface area contributed by atoms with Gasteiger partial charge in [-0.2, -0.15) is 0 Å². The van der Waals surface area contributed by atoms with Gasteiger partial charge in [0.25, 0.3) is 6.71 Å². The van der Waals surface area contributed by atoms with Crippen LogP contribution in [-0.2, 0) is 21.7 Å². The number of rotatable bonds is 7. The van der Waals surface area contributed by atoms with Crippen molar-refractivity contribution in [3.63, 3.8) is 0 Å². The van der Waals surface area contributed by atoms with E-state index < -0.39 is 0 Å². The van der Waals surface area contributed by atoms with Crippen LogP contribution >= 0.6 is 0 Å². The first-order chi connectivity index (χ1) is 36.7. The summed E-state index contributed by atoms with van der Waals surface area (Å²) in [6, 6.07) is 77.1. The van der Waals surface area contributed by atoms with Crippen LogP contribution in [0.3, 0.4) is 0 Å². The zero-order valence-corrected chi connectivity index (χ0v) is 47.0. The predicted octanol–water partition coefficient (Wildman–Crippen LogP) is 18.5. The second-order valence-corrected chi connectivity index (χ2v) is 25.5. The van der Waals surface area contributed by atoms with Gasteiger partial charge in [0.05, 0.1) is 11.3 Å². The summed E-state index contributed by atoms with van der Waals surface area (Å²) in [5.74, 6) is 0. The summed E-state index contributed by atoms with van der Waals surface area (Å²) in [4.78, 5) is 7.43. The normalized spacial score (nSPS) is 13.4. The van der Waals surface area contributed by atoms with E-state index in [0.29, 0.717) is 0 Å². The van der Waals surface area contributed by atoms with E-state index in [4.69, 9.17) is 4.42 Å². The Hall–Kier alpha value is -8.02. The highest BCUT2D eigenvalue weighted by molar-refractivity contribution is 7.00. The van der Waals surface area contributed by atoms with Gasteiger partial charge in [0, 0.05) is 56.4 Å². The van der Waals surface area contributed by atoms with E-state index in [1.165, 1.54) is 44.3 Å². The van der Waals surface area contributed by atoms with Gasteiger partial charge < -0.3 is 19.1 Å². The minimum Gasteiger partial charge on any atom is -0.467 e. The lowest BCUT2D eigenvalue weighted by molar-refractivity contribution is 0.590. The first-order valence-corrected chi connectivity index (χ1v) is 27.5. The Bertz CT molecular complexity index is 3770. The maximum atomic E-state index is 7.72. The highest BCUT2D eigenvalue weighted by Gasteiger charge is 2.47. The molecule has 0 atom stereocenters. The number of para-hydroxylation sites is 1. The van der Waals surface area contributed by atoms with Crippen LogP contribution in [-0.4, -0.2) is 6.71 Å². The van der Waals surface area contributed by atoms with Gasteiger partial charge in [0.2, 0.25) is 0 Å².